The van der Waals surface area contributed by atoms with Crippen molar-refractivity contribution in [3.63, 3.8) is 0 Å². The van der Waals surface area contributed by atoms with E-state index >= 15 is 0 Å². The van der Waals surface area contributed by atoms with Crippen molar-refractivity contribution in [2.45, 2.75) is 45.3 Å². The van der Waals surface area contributed by atoms with Gasteiger partial charge in [-0.05, 0) is 56.5 Å². The van der Waals surface area contributed by atoms with Crippen molar-refractivity contribution in [1.82, 2.24) is 14.8 Å². The highest BCUT2D eigenvalue weighted by atomic mass is 35.5. The fourth-order valence-corrected chi connectivity index (χ4v) is 4.42. The number of fused-ring (bicyclic) bond motifs is 1. The van der Waals surface area contributed by atoms with E-state index < -0.39 is 0 Å². The zero-order valence-corrected chi connectivity index (χ0v) is 17.8. The third kappa shape index (κ3) is 4.49. The number of para-hydroxylation sites is 1. The van der Waals surface area contributed by atoms with Gasteiger partial charge in [0.15, 0.2) is 0 Å². The van der Waals surface area contributed by atoms with Gasteiger partial charge < -0.3 is 14.8 Å². The molecule has 2 heterocycles. The molecule has 1 saturated heterocycles. The molecule has 1 aromatic heterocycles. The van der Waals surface area contributed by atoms with Crippen LogP contribution in [0, 0.1) is 0 Å². The van der Waals surface area contributed by atoms with Gasteiger partial charge in [0.25, 0.3) is 5.91 Å². The summed E-state index contributed by atoms with van der Waals surface area (Å²) in [5.74, 6) is 0.00576. The van der Waals surface area contributed by atoms with Crippen molar-refractivity contribution >= 4 is 28.4 Å². The molecule has 3 aromatic rings. The highest BCUT2D eigenvalue weighted by Gasteiger charge is 2.24. The molecular weight excluding hydrogens is 382 g/mol. The van der Waals surface area contributed by atoms with E-state index in [0.717, 1.165) is 42.4 Å². The van der Waals surface area contributed by atoms with Gasteiger partial charge in [-0.1, -0.05) is 41.9 Å². The smallest absolute Gasteiger partial charge is 0.268 e. The Hall–Kier alpha value is -2.30. The SMILES string of the molecule is CC(C)N1CCC(NC(=O)c2cc3ccccc3n2Cc2cccc(Cl)c2)CC1. The molecule has 5 heteroatoms. The third-order valence-corrected chi connectivity index (χ3v) is 6.10. The summed E-state index contributed by atoms with van der Waals surface area (Å²) in [6, 6.07) is 18.8. The lowest BCUT2D eigenvalue weighted by molar-refractivity contribution is 0.0892. The van der Waals surface area contributed by atoms with Crippen LogP contribution in [-0.2, 0) is 6.54 Å². The summed E-state index contributed by atoms with van der Waals surface area (Å²) in [4.78, 5) is 15.7. The predicted molar refractivity (Wildman–Crippen MR) is 120 cm³/mol. The molecule has 1 amide bonds. The van der Waals surface area contributed by atoms with Crippen LogP contribution in [0.3, 0.4) is 0 Å². The van der Waals surface area contributed by atoms with Crippen LogP contribution < -0.4 is 5.32 Å². The average Bonchev–Trinajstić information content (AvgIpc) is 3.07. The number of rotatable bonds is 5. The second kappa shape index (κ2) is 8.60. The maximum atomic E-state index is 13.2. The maximum absolute atomic E-state index is 13.2. The van der Waals surface area contributed by atoms with Crippen LogP contribution in [0.1, 0.15) is 42.7 Å². The van der Waals surface area contributed by atoms with Gasteiger partial charge in [-0.25, -0.2) is 0 Å². The van der Waals surface area contributed by atoms with Gasteiger partial charge in [0.05, 0.1) is 0 Å². The molecule has 1 aliphatic rings. The number of nitrogens with one attached hydrogen (secondary N) is 1. The number of halogens is 1. The van der Waals surface area contributed by atoms with Gasteiger partial charge in [-0.15, -0.1) is 0 Å². The molecule has 29 heavy (non-hydrogen) atoms. The van der Waals surface area contributed by atoms with Crippen molar-refractivity contribution in [2.75, 3.05) is 13.1 Å². The van der Waals surface area contributed by atoms with Gasteiger partial charge in [0.1, 0.15) is 5.69 Å². The molecule has 1 fully saturated rings. The Morgan fingerprint density at radius 1 is 1.10 bits per heavy atom. The molecule has 1 aliphatic heterocycles. The number of likely N-dealkylation sites (tertiary alicyclic amines) is 1. The van der Waals surface area contributed by atoms with Crippen molar-refractivity contribution in [2.24, 2.45) is 0 Å². The number of nitrogens with zero attached hydrogens (tertiary/aromatic N) is 2. The number of piperidine rings is 1. The standard InChI is InChI=1S/C24H28ClN3O/c1-17(2)27-12-10-21(11-13-27)26-24(29)23-15-19-7-3-4-9-22(19)28(23)16-18-6-5-8-20(25)14-18/h3-9,14-15,17,21H,10-13,16H2,1-2H3,(H,26,29). The van der Waals surface area contributed by atoms with Crippen molar-refractivity contribution in [3.05, 3.63) is 70.9 Å². The zero-order chi connectivity index (χ0) is 20.4. The van der Waals surface area contributed by atoms with E-state index in [2.05, 4.69) is 40.8 Å². The van der Waals surface area contributed by atoms with Crippen LogP contribution in [0.5, 0.6) is 0 Å². The molecule has 4 nitrogen and oxygen atoms in total. The maximum Gasteiger partial charge on any atom is 0.268 e. The summed E-state index contributed by atoms with van der Waals surface area (Å²) in [5.41, 5.74) is 2.85. The van der Waals surface area contributed by atoms with E-state index in [1.807, 2.05) is 42.5 Å². The van der Waals surface area contributed by atoms with Crippen molar-refractivity contribution < 1.29 is 4.79 Å². The third-order valence-electron chi connectivity index (χ3n) is 5.87. The number of carbonyl (C=O) groups excluding carboxylic acids is 1. The summed E-state index contributed by atoms with van der Waals surface area (Å²) in [6.07, 6.45) is 2.00. The first-order chi connectivity index (χ1) is 14.0. The van der Waals surface area contributed by atoms with Crippen LogP contribution in [0.15, 0.2) is 54.6 Å². The molecule has 0 spiro atoms. The van der Waals surface area contributed by atoms with E-state index in [-0.39, 0.29) is 11.9 Å². The quantitative estimate of drug-likeness (QED) is 0.647. The van der Waals surface area contributed by atoms with E-state index in [1.54, 1.807) is 0 Å². The van der Waals surface area contributed by atoms with Crippen molar-refractivity contribution in [1.29, 1.82) is 0 Å². The molecule has 0 unspecified atom stereocenters. The molecule has 152 valence electrons. The largest absolute Gasteiger partial charge is 0.348 e. The Morgan fingerprint density at radius 3 is 2.59 bits per heavy atom. The first-order valence-corrected chi connectivity index (χ1v) is 10.8. The highest BCUT2D eigenvalue weighted by Crippen LogP contribution is 2.23. The Balaban J connectivity index is 1.57. The van der Waals surface area contributed by atoms with Crippen molar-refractivity contribution in [3.8, 4) is 0 Å². The molecule has 0 bridgehead atoms. The van der Waals surface area contributed by atoms with E-state index in [0.29, 0.717) is 23.3 Å². The summed E-state index contributed by atoms with van der Waals surface area (Å²) < 4.78 is 2.10. The normalized spacial score (nSPS) is 15.9. The van der Waals surface area contributed by atoms with Gasteiger partial charge in [-0.2, -0.15) is 0 Å². The van der Waals surface area contributed by atoms with E-state index in [4.69, 9.17) is 11.6 Å². The lowest BCUT2D eigenvalue weighted by atomic mass is 10.0. The number of benzene rings is 2. The summed E-state index contributed by atoms with van der Waals surface area (Å²) in [7, 11) is 0. The summed E-state index contributed by atoms with van der Waals surface area (Å²) in [5, 5.41) is 5.07. The fourth-order valence-electron chi connectivity index (χ4n) is 4.21. The number of carbonyl (C=O) groups is 1. The van der Waals surface area contributed by atoms with E-state index in [9.17, 15) is 4.79 Å². The molecule has 1 N–H and O–H groups in total. The summed E-state index contributed by atoms with van der Waals surface area (Å²) >= 11 is 6.18. The molecule has 0 radical (unpaired) electrons. The molecule has 2 aromatic carbocycles. The first-order valence-electron chi connectivity index (χ1n) is 10.4. The van der Waals surface area contributed by atoms with Gasteiger partial charge >= 0.3 is 0 Å². The molecule has 0 aliphatic carbocycles. The molecular formula is C24H28ClN3O. The van der Waals surface area contributed by atoms with Gasteiger partial charge in [-0.3, -0.25) is 4.79 Å². The number of hydrogen-bond acceptors (Lipinski definition) is 2. The minimum Gasteiger partial charge on any atom is -0.348 e. The Morgan fingerprint density at radius 2 is 1.86 bits per heavy atom. The minimum atomic E-state index is 0.00576. The molecule has 0 atom stereocenters. The average molecular weight is 410 g/mol. The topological polar surface area (TPSA) is 37.3 Å². The second-order valence-electron chi connectivity index (χ2n) is 8.18. The van der Waals surface area contributed by atoms with Crippen LogP contribution >= 0.6 is 11.6 Å². The number of hydrogen-bond donors (Lipinski definition) is 1. The first kappa shape index (κ1) is 20.0. The van der Waals surface area contributed by atoms with Gasteiger partial charge in [0, 0.05) is 47.6 Å². The zero-order valence-electron chi connectivity index (χ0n) is 17.1. The predicted octanol–water partition coefficient (Wildman–Crippen LogP) is 4.95. The Bertz CT molecular complexity index is 1000. The lowest BCUT2D eigenvalue weighted by Crippen LogP contribution is -2.46. The summed E-state index contributed by atoms with van der Waals surface area (Å²) in [6.45, 7) is 7.14. The molecule has 4 rings (SSSR count). The highest BCUT2D eigenvalue weighted by molar-refractivity contribution is 6.30. The molecule has 0 saturated carbocycles. The number of amides is 1. The van der Waals surface area contributed by atoms with Crippen LogP contribution in [0.25, 0.3) is 10.9 Å². The lowest BCUT2D eigenvalue weighted by Gasteiger charge is -2.34. The monoisotopic (exact) mass is 409 g/mol. The second-order valence-corrected chi connectivity index (χ2v) is 8.62. The van der Waals surface area contributed by atoms with Crippen LogP contribution in [0.2, 0.25) is 5.02 Å². The number of aromatic nitrogens is 1. The van der Waals surface area contributed by atoms with Crippen LogP contribution in [-0.4, -0.2) is 40.5 Å². The minimum absolute atomic E-state index is 0.00576. The van der Waals surface area contributed by atoms with Crippen LogP contribution in [0.4, 0.5) is 0 Å². The Labute approximate surface area is 177 Å². The fraction of sp³-hybridized carbons (Fsp3) is 0.375. The van der Waals surface area contributed by atoms with Gasteiger partial charge in [0.2, 0.25) is 0 Å². The Kier molecular flexibility index (Phi) is 5.93. The van der Waals surface area contributed by atoms with E-state index in [1.165, 1.54) is 0 Å².